The van der Waals surface area contributed by atoms with Crippen molar-refractivity contribution in [2.75, 3.05) is 5.43 Å². The SMILES string of the molecule is C=CCc1cccc(/C=N/Nc2nc(-c3cc4cc(Br)ccc4oc3=O)cs2)c1O. The molecule has 0 atom stereocenters. The molecule has 4 aromatic rings. The zero-order valence-corrected chi connectivity index (χ0v) is 18.0. The Hall–Kier alpha value is -3.23. The summed E-state index contributed by atoms with van der Waals surface area (Å²) in [6.45, 7) is 3.69. The highest BCUT2D eigenvalue weighted by Gasteiger charge is 2.12. The molecular formula is C22H16BrN3O3S. The third-order valence-electron chi connectivity index (χ3n) is 4.35. The van der Waals surface area contributed by atoms with Crippen LogP contribution in [0.3, 0.4) is 0 Å². The van der Waals surface area contributed by atoms with Crippen LogP contribution in [0.5, 0.6) is 5.75 Å². The lowest BCUT2D eigenvalue weighted by atomic mass is 10.1. The summed E-state index contributed by atoms with van der Waals surface area (Å²) in [7, 11) is 0. The second-order valence-electron chi connectivity index (χ2n) is 6.39. The van der Waals surface area contributed by atoms with Crippen molar-refractivity contribution in [2.24, 2.45) is 5.10 Å². The molecule has 4 rings (SSSR count). The van der Waals surface area contributed by atoms with Crippen LogP contribution < -0.4 is 11.1 Å². The Labute approximate surface area is 184 Å². The molecule has 6 nitrogen and oxygen atoms in total. The molecular weight excluding hydrogens is 466 g/mol. The van der Waals surface area contributed by atoms with Crippen molar-refractivity contribution in [3.05, 3.63) is 86.5 Å². The van der Waals surface area contributed by atoms with Gasteiger partial charge in [-0.3, -0.25) is 5.43 Å². The van der Waals surface area contributed by atoms with Gasteiger partial charge in [0.1, 0.15) is 11.3 Å². The number of hydrazone groups is 1. The van der Waals surface area contributed by atoms with Gasteiger partial charge in [0.2, 0.25) is 5.13 Å². The number of halogens is 1. The molecule has 0 saturated heterocycles. The van der Waals surface area contributed by atoms with Crippen LogP contribution in [0.25, 0.3) is 22.2 Å². The third-order valence-corrected chi connectivity index (χ3v) is 5.59. The van der Waals surface area contributed by atoms with Crippen LogP contribution in [0.4, 0.5) is 5.13 Å². The smallest absolute Gasteiger partial charge is 0.345 e. The molecule has 2 aromatic heterocycles. The summed E-state index contributed by atoms with van der Waals surface area (Å²) in [5.74, 6) is 0.169. The van der Waals surface area contributed by atoms with E-state index >= 15 is 0 Å². The second kappa shape index (κ2) is 8.64. The molecule has 0 unspecified atom stereocenters. The normalized spacial score (nSPS) is 11.2. The van der Waals surface area contributed by atoms with Crippen molar-refractivity contribution in [2.45, 2.75) is 6.42 Å². The summed E-state index contributed by atoms with van der Waals surface area (Å²) >= 11 is 4.73. The van der Waals surface area contributed by atoms with Crippen LogP contribution in [-0.4, -0.2) is 16.3 Å². The van der Waals surface area contributed by atoms with Gasteiger partial charge in [0, 0.05) is 20.8 Å². The van der Waals surface area contributed by atoms with E-state index < -0.39 is 5.63 Å². The van der Waals surface area contributed by atoms with Crippen molar-refractivity contribution < 1.29 is 9.52 Å². The zero-order chi connectivity index (χ0) is 21.1. The molecule has 30 heavy (non-hydrogen) atoms. The first-order chi connectivity index (χ1) is 14.5. The van der Waals surface area contributed by atoms with Crippen LogP contribution in [0.1, 0.15) is 11.1 Å². The fourth-order valence-corrected chi connectivity index (χ4v) is 3.95. The van der Waals surface area contributed by atoms with E-state index in [1.54, 1.807) is 29.7 Å². The van der Waals surface area contributed by atoms with E-state index in [0.717, 1.165) is 15.4 Å². The summed E-state index contributed by atoms with van der Waals surface area (Å²) in [5.41, 5.74) is 5.14. The van der Waals surface area contributed by atoms with Gasteiger partial charge in [-0.2, -0.15) is 5.10 Å². The highest BCUT2D eigenvalue weighted by Crippen LogP contribution is 2.27. The molecule has 0 bridgehead atoms. The Bertz CT molecular complexity index is 1330. The van der Waals surface area contributed by atoms with E-state index in [2.05, 4.69) is 38.0 Å². The maximum absolute atomic E-state index is 12.4. The summed E-state index contributed by atoms with van der Waals surface area (Å²) in [5, 5.41) is 17.5. The lowest BCUT2D eigenvalue weighted by Gasteiger charge is -2.04. The van der Waals surface area contributed by atoms with Gasteiger partial charge in [-0.1, -0.05) is 34.1 Å². The molecule has 0 aliphatic carbocycles. The molecule has 2 heterocycles. The topological polar surface area (TPSA) is 87.7 Å². The number of hydrogen-bond donors (Lipinski definition) is 2. The van der Waals surface area contributed by atoms with Crippen molar-refractivity contribution >= 4 is 49.6 Å². The van der Waals surface area contributed by atoms with E-state index in [1.165, 1.54) is 17.6 Å². The van der Waals surface area contributed by atoms with Gasteiger partial charge in [-0.25, -0.2) is 9.78 Å². The van der Waals surface area contributed by atoms with Crippen molar-refractivity contribution in [3.63, 3.8) is 0 Å². The number of rotatable bonds is 6. The van der Waals surface area contributed by atoms with Gasteiger partial charge in [-0.15, -0.1) is 17.9 Å². The Kier molecular flexibility index (Phi) is 5.78. The second-order valence-corrected chi connectivity index (χ2v) is 8.16. The van der Waals surface area contributed by atoms with E-state index in [1.807, 2.05) is 24.3 Å². The van der Waals surface area contributed by atoms with Crippen LogP contribution in [0.15, 0.2) is 79.3 Å². The molecule has 2 N–H and O–H groups in total. The van der Waals surface area contributed by atoms with Gasteiger partial charge in [0.05, 0.1) is 17.5 Å². The van der Waals surface area contributed by atoms with Crippen LogP contribution >= 0.6 is 27.3 Å². The molecule has 2 aromatic carbocycles. The molecule has 0 fully saturated rings. The number of anilines is 1. The van der Waals surface area contributed by atoms with E-state index in [4.69, 9.17) is 4.42 Å². The number of thiazole rings is 1. The van der Waals surface area contributed by atoms with Crippen molar-refractivity contribution in [1.82, 2.24) is 4.98 Å². The molecule has 0 saturated carbocycles. The van der Waals surface area contributed by atoms with Gasteiger partial charge < -0.3 is 9.52 Å². The first-order valence-corrected chi connectivity index (χ1v) is 10.6. The van der Waals surface area contributed by atoms with Crippen LogP contribution in [-0.2, 0) is 6.42 Å². The van der Waals surface area contributed by atoms with Gasteiger partial charge in [0.25, 0.3) is 0 Å². The lowest BCUT2D eigenvalue weighted by molar-refractivity contribution is 0.469. The standard InChI is InChI=1S/C22H16BrN3O3S/c1-2-4-13-5-3-6-14(20(13)27)11-24-26-22-25-18(12-30-22)17-10-15-9-16(23)7-8-19(15)29-21(17)28/h2-3,5-12,27H,1,4H2,(H,25,26)/b24-11+. The molecule has 0 spiro atoms. The number of fused-ring (bicyclic) bond motifs is 1. The number of benzene rings is 2. The number of phenols is 1. The summed E-state index contributed by atoms with van der Waals surface area (Å²) in [4.78, 5) is 16.8. The first-order valence-electron chi connectivity index (χ1n) is 8.95. The molecule has 0 aliphatic heterocycles. The fraction of sp³-hybridized carbons (Fsp3) is 0.0455. The highest BCUT2D eigenvalue weighted by molar-refractivity contribution is 9.10. The Morgan fingerprint density at radius 2 is 2.17 bits per heavy atom. The first kappa shape index (κ1) is 20.1. The van der Waals surface area contributed by atoms with E-state index in [0.29, 0.717) is 34.0 Å². The number of allylic oxidation sites excluding steroid dienone is 1. The third kappa shape index (κ3) is 4.19. The zero-order valence-electron chi connectivity index (χ0n) is 15.6. The number of phenolic OH excluding ortho intramolecular Hbond substituents is 1. The van der Waals surface area contributed by atoms with E-state index in [9.17, 15) is 9.90 Å². The fourth-order valence-electron chi connectivity index (χ4n) is 2.91. The summed E-state index contributed by atoms with van der Waals surface area (Å²) < 4.78 is 6.29. The van der Waals surface area contributed by atoms with Crippen molar-refractivity contribution in [3.8, 4) is 17.0 Å². The van der Waals surface area contributed by atoms with Gasteiger partial charge >= 0.3 is 5.63 Å². The summed E-state index contributed by atoms with van der Waals surface area (Å²) in [6.07, 6.45) is 3.82. The Morgan fingerprint density at radius 3 is 3.00 bits per heavy atom. The molecule has 8 heteroatoms. The number of nitrogens with zero attached hydrogens (tertiary/aromatic N) is 2. The highest BCUT2D eigenvalue weighted by atomic mass is 79.9. The minimum atomic E-state index is -0.450. The maximum Gasteiger partial charge on any atom is 0.345 e. The largest absolute Gasteiger partial charge is 0.507 e. The lowest BCUT2D eigenvalue weighted by Crippen LogP contribution is -2.03. The predicted octanol–water partition coefficient (Wildman–Crippen LogP) is 5.56. The Balaban J connectivity index is 1.55. The monoisotopic (exact) mass is 481 g/mol. The Morgan fingerprint density at radius 1 is 1.30 bits per heavy atom. The van der Waals surface area contributed by atoms with Gasteiger partial charge in [0.15, 0.2) is 0 Å². The number of aromatic nitrogens is 1. The quantitative estimate of drug-likeness (QED) is 0.163. The molecule has 150 valence electrons. The number of para-hydroxylation sites is 1. The average molecular weight is 482 g/mol. The minimum absolute atomic E-state index is 0.169. The van der Waals surface area contributed by atoms with Gasteiger partial charge in [-0.05, 0) is 42.3 Å². The van der Waals surface area contributed by atoms with Crippen LogP contribution in [0.2, 0.25) is 0 Å². The van der Waals surface area contributed by atoms with Crippen molar-refractivity contribution in [1.29, 1.82) is 0 Å². The number of aromatic hydroxyl groups is 1. The van der Waals surface area contributed by atoms with Crippen LogP contribution in [0, 0.1) is 0 Å². The maximum atomic E-state index is 12.4. The molecule has 0 radical (unpaired) electrons. The number of nitrogens with one attached hydrogen (secondary N) is 1. The average Bonchev–Trinajstić information content (AvgIpc) is 3.19. The predicted molar refractivity (Wildman–Crippen MR) is 125 cm³/mol. The molecule has 0 amide bonds. The minimum Gasteiger partial charge on any atom is -0.507 e. The number of hydrogen-bond acceptors (Lipinski definition) is 7. The van der Waals surface area contributed by atoms with E-state index in [-0.39, 0.29) is 5.75 Å². The summed E-state index contributed by atoms with van der Waals surface area (Å²) in [6, 6.07) is 12.6. The molecule has 0 aliphatic rings.